The first kappa shape index (κ1) is 22.7. The van der Waals surface area contributed by atoms with Crippen molar-refractivity contribution in [3.8, 4) is 11.5 Å². The van der Waals surface area contributed by atoms with Crippen molar-refractivity contribution in [3.63, 3.8) is 0 Å². The lowest BCUT2D eigenvalue weighted by Crippen LogP contribution is -2.52. The number of ether oxygens (including phenoxy) is 2. The van der Waals surface area contributed by atoms with Crippen LogP contribution in [-0.2, 0) is 22.6 Å². The van der Waals surface area contributed by atoms with E-state index in [0.29, 0.717) is 31.1 Å². The highest BCUT2D eigenvalue weighted by Crippen LogP contribution is 2.31. The third-order valence-corrected chi connectivity index (χ3v) is 6.10. The van der Waals surface area contributed by atoms with Crippen LogP contribution in [0.5, 0.6) is 11.5 Å². The minimum atomic E-state index is -0.589. The molecule has 2 aromatic carbocycles. The van der Waals surface area contributed by atoms with Crippen molar-refractivity contribution in [1.82, 2.24) is 10.2 Å². The number of carbonyl (C=O) groups excluding carboxylic acids is 2. The van der Waals surface area contributed by atoms with Crippen LogP contribution in [0.4, 0.5) is 0 Å². The van der Waals surface area contributed by atoms with E-state index in [1.165, 1.54) is 0 Å². The third-order valence-electron chi connectivity index (χ3n) is 6.10. The van der Waals surface area contributed by atoms with Gasteiger partial charge in [-0.15, -0.1) is 0 Å². The van der Waals surface area contributed by atoms with Gasteiger partial charge in [0.15, 0.2) is 11.5 Å². The molecular formula is C25H32N2O4. The van der Waals surface area contributed by atoms with Crippen molar-refractivity contribution < 1.29 is 19.1 Å². The highest BCUT2D eigenvalue weighted by Gasteiger charge is 2.39. The number of piperidine rings is 1. The zero-order chi connectivity index (χ0) is 22.4. The Hall–Kier alpha value is -3.02. The van der Waals surface area contributed by atoms with Crippen LogP contribution in [-0.4, -0.2) is 44.0 Å². The molecule has 3 rings (SSSR count). The Morgan fingerprint density at radius 2 is 1.84 bits per heavy atom. The number of benzene rings is 2. The largest absolute Gasteiger partial charge is 0.493 e. The van der Waals surface area contributed by atoms with Crippen molar-refractivity contribution in [1.29, 1.82) is 0 Å². The smallest absolute Gasteiger partial charge is 0.227 e. The molecule has 1 heterocycles. The molecule has 2 aromatic rings. The predicted molar refractivity (Wildman–Crippen MR) is 120 cm³/mol. The highest BCUT2D eigenvalue weighted by atomic mass is 16.5. The molecule has 6 heteroatoms. The fourth-order valence-electron chi connectivity index (χ4n) is 4.11. The average Bonchev–Trinajstić information content (AvgIpc) is 2.78. The molecule has 31 heavy (non-hydrogen) atoms. The first-order valence-electron chi connectivity index (χ1n) is 10.7. The number of hydrogen-bond acceptors (Lipinski definition) is 4. The minimum Gasteiger partial charge on any atom is -0.493 e. The molecule has 2 amide bonds. The summed E-state index contributed by atoms with van der Waals surface area (Å²) in [5.74, 6) is 1.26. The number of amides is 2. The molecule has 1 aliphatic heterocycles. The van der Waals surface area contributed by atoms with Crippen LogP contribution in [0.1, 0.15) is 36.5 Å². The Balaban J connectivity index is 1.62. The maximum absolute atomic E-state index is 13.0. The minimum absolute atomic E-state index is 0.000584. The van der Waals surface area contributed by atoms with Gasteiger partial charge >= 0.3 is 0 Å². The van der Waals surface area contributed by atoms with Crippen molar-refractivity contribution in [3.05, 3.63) is 59.2 Å². The summed E-state index contributed by atoms with van der Waals surface area (Å²) in [6, 6.07) is 13.5. The van der Waals surface area contributed by atoms with Crippen LogP contribution in [0.15, 0.2) is 42.5 Å². The lowest BCUT2D eigenvalue weighted by atomic mass is 9.80. The summed E-state index contributed by atoms with van der Waals surface area (Å²) >= 11 is 0. The number of nitrogens with zero attached hydrogens (tertiary/aromatic N) is 1. The van der Waals surface area contributed by atoms with Gasteiger partial charge in [0.25, 0.3) is 0 Å². The molecular weight excluding hydrogens is 392 g/mol. The van der Waals surface area contributed by atoms with Gasteiger partial charge in [0.1, 0.15) is 0 Å². The molecule has 0 spiro atoms. The predicted octanol–water partition coefficient (Wildman–Crippen LogP) is 3.50. The van der Waals surface area contributed by atoms with Crippen molar-refractivity contribution in [2.24, 2.45) is 5.41 Å². The van der Waals surface area contributed by atoms with Gasteiger partial charge in [0, 0.05) is 19.6 Å². The molecule has 1 N–H and O–H groups in total. The Bertz CT molecular complexity index is 943. The number of likely N-dealkylation sites (tertiary alicyclic amines) is 1. The van der Waals surface area contributed by atoms with Gasteiger partial charge in [-0.05, 0) is 55.5 Å². The molecule has 166 valence electrons. The van der Waals surface area contributed by atoms with Crippen LogP contribution >= 0.6 is 0 Å². The molecule has 1 fully saturated rings. The van der Waals surface area contributed by atoms with Crippen molar-refractivity contribution in [2.45, 2.75) is 39.7 Å². The second-order valence-electron chi connectivity index (χ2n) is 8.45. The van der Waals surface area contributed by atoms with Gasteiger partial charge < -0.3 is 19.7 Å². The Labute approximate surface area is 184 Å². The maximum atomic E-state index is 13.0. The van der Waals surface area contributed by atoms with E-state index in [2.05, 4.69) is 5.32 Å². The number of aryl methyl sites for hydroxylation is 1. The number of methoxy groups -OCH3 is 2. The molecule has 0 unspecified atom stereocenters. The number of hydrogen-bond donors (Lipinski definition) is 1. The molecule has 1 atom stereocenters. The van der Waals surface area contributed by atoms with Gasteiger partial charge in [-0.3, -0.25) is 9.59 Å². The first-order chi connectivity index (χ1) is 14.9. The van der Waals surface area contributed by atoms with E-state index in [1.54, 1.807) is 20.3 Å². The molecule has 0 saturated carbocycles. The van der Waals surface area contributed by atoms with E-state index in [1.807, 2.05) is 55.1 Å². The molecule has 1 saturated heterocycles. The molecule has 0 radical (unpaired) electrons. The number of nitrogens with one attached hydrogen (secondary N) is 1. The summed E-state index contributed by atoms with van der Waals surface area (Å²) in [4.78, 5) is 27.8. The Morgan fingerprint density at radius 3 is 2.55 bits per heavy atom. The zero-order valence-corrected chi connectivity index (χ0v) is 18.9. The standard InChI is InChI=1S/C25H32N2O4/c1-18-8-5-6-9-20(18)16-26-24(29)25(2)12-7-13-27(17-25)23(28)15-19-10-11-21(30-3)22(14-19)31-4/h5-6,8-11,14H,7,12-13,15-17H2,1-4H3,(H,26,29)/t25-/m1/s1. The normalized spacial score (nSPS) is 18.4. The van der Waals surface area contributed by atoms with Crippen LogP contribution in [0.3, 0.4) is 0 Å². The molecule has 0 bridgehead atoms. The van der Waals surface area contributed by atoms with E-state index in [9.17, 15) is 9.59 Å². The third kappa shape index (κ3) is 5.37. The fourth-order valence-corrected chi connectivity index (χ4v) is 4.11. The summed E-state index contributed by atoms with van der Waals surface area (Å²) in [6.07, 6.45) is 1.85. The monoisotopic (exact) mass is 424 g/mol. The number of carbonyl (C=O) groups is 2. The summed E-state index contributed by atoms with van der Waals surface area (Å²) in [7, 11) is 3.16. The average molecular weight is 425 g/mol. The van der Waals surface area contributed by atoms with E-state index < -0.39 is 5.41 Å². The lowest BCUT2D eigenvalue weighted by Gasteiger charge is -2.39. The van der Waals surface area contributed by atoms with Crippen molar-refractivity contribution in [2.75, 3.05) is 27.3 Å². The van der Waals surface area contributed by atoms with Crippen LogP contribution in [0, 0.1) is 12.3 Å². The molecule has 6 nitrogen and oxygen atoms in total. The van der Waals surface area contributed by atoms with E-state index in [4.69, 9.17) is 9.47 Å². The van der Waals surface area contributed by atoms with E-state index in [-0.39, 0.29) is 18.2 Å². The maximum Gasteiger partial charge on any atom is 0.227 e. The van der Waals surface area contributed by atoms with Gasteiger partial charge in [0.05, 0.1) is 26.1 Å². The summed E-state index contributed by atoms with van der Waals surface area (Å²) in [6.45, 7) is 5.60. The van der Waals surface area contributed by atoms with Gasteiger partial charge in [-0.25, -0.2) is 0 Å². The van der Waals surface area contributed by atoms with Crippen LogP contribution in [0.2, 0.25) is 0 Å². The number of rotatable bonds is 7. The summed E-state index contributed by atoms with van der Waals surface area (Å²) in [5.41, 5.74) is 2.53. The quantitative estimate of drug-likeness (QED) is 0.739. The second-order valence-corrected chi connectivity index (χ2v) is 8.45. The topological polar surface area (TPSA) is 67.9 Å². The first-order valence-corrected chi connectivity index (χ1v) is 10.7. The lowest BCUT2D eigenvalue weighted by molar-refractivity contribution is -0.140. The van der Waals surface area contributed by atoms with Gasteiger partial charge in [0.2, 0.25) is 11.8 Å². The van der Waals surface area contributed by atoms with E-state index >= 15 is 0 Å². The summed E-state index contributed by atoms with van der Waals surface area (Å²) < 4.78 is 10.6. The Morgan fingerprint density at radius 1 is 1.10 bits per heavy atom. The highest BCUT2D eigenvalue weighted by molar-refractivity contribution is 5.85. The van der Waals surface area contributed by atoms with E-state index in [0.717, 1.165) is 29.5 Å². The molecule has 0 aliphatic carbocycles. The summed E-state index contributed by atoms with van der Waals surface area (Å²) in [5, 5.41) is 3.08. The second kappa shape index (κ2) is 9.86. The van der Waals surface area contributed by atoms with Gasteiger partial charge in [-0.1, -0.05) is 30.3 Å². The SMILES string of the molecule is COc1ccc(CC(=O)N2CCC[C@@](C)(C(=O)NCc3ccccc3C)C2)cc1OC. The van der Waals surface area contributed by atoms with Crippen molar-refractivity contribution >= 4 is 11.8 Å². The fraction of sp³-hybridized carbons (Fsp3) is 0.440. The van der Waals surface area contributed by atoms with Crippen LogP contribution < -0.4 is 14.8 Å². The van der Waals surface area contributed by atoms with Gasteiger partial charge in [-0.2, -0.15) is 0 Å². The zero-order valence-electron chi connectivity index (χ0n) is 18.9. The van der Waals surface area contributed by atoms with Crippen LogP contribution in [0.25, 0.3) is 0 Å². The molecule has 1 aliphatic rings. The molecule has 0 aromatic heterocycles. The Kier molecular flexibility index (Phi) is 7.21.